The van der Waals surface area contributed by atoms with Crippen LogP contribution in [0.4, 0.5) is 0 Å². The van der Waals surface area contributed by atoms with Crippen molar-refractivity contribution in [2.75, 3.05) is 0 Å². The third kappa shape index (κ3) is 0.878. The Balaban J connectivity index is 1.83. The van der Waals surface area contributed by atoms with Gasteiger partial charge >= 0.3 is 0 Å². The van der Waals surface area contributed by atoms with E-state index >= 15 is 0 Å². The van der Waals surface area contributed by atoms with Crippen molar-refractivity contribution in [2.24, 2.45) is 17.3 Å². The second-order valence-corrected chi connectivity index (χ2v) is 4.99. The summed E-state index contributed by atoms with van der Waals surface area (Å²) < 4.78 is 0. The lowest BCUT2D eigenvalue weighted by molar-refractivity contribution is 0.203. The molecule has 3 rings (SSSR count). The van der Waals surface area contributed by atoms with Crippen molar-refractivity contribution >= 4 is 0 Å². The highest BCUT2D eigenvalue weighted by Gasteiger charge is 2.54. The van der Waals surface area contributed by atoms with Crippen LogP contribution in [0.5, 0.6) is 0 Å². The van der Waals surface area contributed by atoms with Crippen LogP contribution < -0.4 is 0 Å². The summed E-state index contributed by atoms with van der Waals surface area (Å²) in [7, 11) is 0. The molecular weight excluding hydrogens is 132 g/mol. The number of hydrogen-bond acceptors (Lipinski definition) is 0. The van der Waals surface area contributed by atoms with Crippen molar-refractivity contribution in [3.63, 3.8) is 0 Å². The fourth-order valence-corrected chi connectivity index (χ4v) is 3.50. The average Bonchev–Trinajstić information content (AvgIpc) is 2.90. The van der Waals surface area contributed by atoms with Crippen molar-refractivity contribution in [2.45, 2.75) is 51.4 Å². The summed E-state index contributed by atoms with van der Waals surface area (Å²) in [4.78, 5) is 0. The van der Waals surface area contributed by atoms with Crippen LogP contribution in [-0.2, 0) is 0 Å². The predicted octanol–water partition coefficient (Wildman–Crippen LogP) is 3.37. The zero-order chi connectivity index (χ0) is 7.31. The molecule has 0 unspecified atom stereocenters. The van der Waals surface area contributed by atoms with Gasteiger partial charge in [-0.25, -0.2) is 0 Å². The van der Waals surface area contributed by atoms with E-state index in [2.05, 4.69) is 0 Å². The summed E-state index contributed by atoms with van der Waals surface area (Å²) in [6.45, 7) is 0. The van der Waals surface area contributed by atoms with Crippen LogP contribution in [-0.4, -0.2) is 0 Å². The van der Waals surface area contributed by atoms with E-state index in [1.165, 1.54) is 11.8 Å². The summed E-state index contributed by atoms with van der Waals surface area (Å²) in [5.74, 6) is 2.38. The van der Waals surface area contributed by atoms with Crippen molar-refractivity contribution < 1.29 is 0 Å². The Labute approximate surface area is 69.4 Å². The Morgan fingerprint density at radius 1 is 0.727 bits per heavy atom. The fourth-order valence-electron chi connectivity index (χ4n) is 3.50. The van der Waals surface area contributed by atoms with Crippen LogP contribution in [0.25, 0.3) is 0 Å². The van der Waals surface area contributed by atoms with E-state index in [1.807, 2.05) is 0 Å². The first-order valence-electron chi connectivity index (χ1n) is 5.42. The molecule has 0 atom stereocenters. The minimum absolute atomic E-state index is 0.917. The number of hydrogen-bond donors (Lipinski definition) is 0. The van der Waals surface area contributed by atoms with Gasteiger partial charge in [-0.3, -0.25) is 0 Å². The quantitative estimate of drug-likeness (QED) is 0.566. The molecule has 3 saturated carbocycles. The van der Waals surface area contributed by atoms with E-state index in [0.29, 0.717) is 0 Å². The minimum Gasteiger partial charge on any atom is -0.0527 e. The van der Waals surface area contributed by atoms with Crippen LogP contribution in [0.3, 0.4) is 0 Å². The van der Waals surface area contributed by atoms with Gasteiger partial charge < -0.3 is 0 Å². The maximum Gasteiger partial charge on any atom is -0.0241 e. The van der Waals surface area contributed by atoms with Gasteiger partial charge in [0.2, 0.25) is 0 Å². The summed E-state index contributed by atoms with van der Waals surface area (Å²) >= 11 is 0. The third-order valence-corrected chi connectivity index (χ3v) is 4.32. The molecule has 0 heteroatoms. The summed E-state index contributed by atoms with van der Waals surface area (Å²) in [5.41, 5.74) is 0.917. The molecule has 0 nitrogen and oxygen atoms in total. The van der Waals surface area contributed by atoms with Gasteiger partial charge in [-0.2, -0.15) is 0 Å². The van der Waals surface area contributed by atoms with Gasteiger partial charge in [0.25, 0.3) is 0 Å². The summed E-state index contributed by atoms with van der Waals surface area (Å²) in [6.07, 6.45) is 12.6. The van der Waals surface area contributed by atoms with E-state index in [0.717, 1.165) is 5.41 Å². The topological polar surface area (TPSA) is 0 Å². The van der Waals surface area contributed by atoms with E-state index in [9.17, 15) is 0 Å². The highest BCUT2D eigenvalue weighted by Crippen LogP contribution is 2.64. The summed E-state index contributed by atoms with van der Waals surface area (Å²) in [6, 6.07) is 0. The second-order valence-electron chi connectivity index (χ2n) is 4.99. The van der Waals surface area contributed by atoms with Gasteiger partial charge in [-0.05, 0) is 55.8 Å². The SMILES string of the molecule is C1CCC(C2CC2)(C2CC2)C1. The molecule has 3 fully saturated rings. The molecule has 0 aromatic rings. The highest BCUT2D eigenvalue weighted by atomic mass is 14.6. The van der Waals surface area contributed by atoms with Gasteiger partial charge in [0.05, 0.1) is 0 Å². The van der Waals surface area contributed by atoms with Crippen molar-refractivity contribution in [1.82, 2.24) is 0 Å². The molecule has 0 aliphatic heterocycles. The van der Waals surface area contributed by atoms with E-state index < -0.39 is 0 Å². The van der Waals surface area contributed by atoms with Crippen LogP contribution in [0.15, 0.2) is 0 Å². The third-order valence-electron chi connectivity index (χ3n) is 4.32. The first-order valence-corrected chi connectivity index (χ1v) is 5.42. The Bertz CT molecular complexity index is 143. The smallest absolute Gasteiger partial charge is 0.0241 e. The molecule has 0 radical (unpaired) electrons. The first-order chi connectivity index (χ1) is 5.42. The van der Waals surface area contributed by atoms with Gasteiger partial charge in [-0.1, -0.05) is 12.8 Å². The number of rotatable bonds is 2. The Morgan fingerprint density at radius 2 is 1.18 bits per heavy atom. The lowest BCUT2D eigenvalue weighted by Crippen LogP contribution is -2.21. The van der Waals surface area contributed by atoms with E-state index in [1.54, 1.807) is 51.4 Å². The zero-order valence-electron chi connectivity index (χ0n) is 7.31. The van der Waals surface area contributed by atoms with Crippen LogP contribution in [0.2, 0.25) is 0 Å². The maximum absolute atomic E-state index is 1.60. The Hall–Kier alpha value is 0. The van der Waals surface area contributed by atoms with Gasteiger partial charge in [0.1, 0.15) is 0 Å². The minimum atomic E-state index is 0.917. The van der Waals surface area contributed by atoms with Gasteiger partial charge in [-0.15, -0.1) is 0 Å². The molecule has 3 aliphatic rings. The Kier molecular flexibility index (Phi) is 1.20. The maximum atomic E-state index is 1.60. The van der Waals surface area contributed by atoms with Crippen LogP contribution in [0.1, 0.15) is 51.4 Å². The summed E-state index contributed by atoms with van der Waals surface area (Å²) in [5, 5.41) is 0. The van der Waals surface area contributed by atoms with E-state index in [-0.39, 0.29) is 0 Å². The molecule has 0 heterocycles. The molecule has 0 amide bonds. The zero-order valence-corrected chi connectivity index (χ0v) is 7.31. The molecule has 3 aliphatic carbocycles. The molecule has 0 bridgehead atoms. The van der Waals surface area contributed by atoms with Crippen molar-refractivity contribution in [3.05, 3.63) is 0 Å². The molecule has 0 saturated heterocycles. The van der Waals surface area contributed by atoms with Gasteiger partial charge in [0.15, 0.2) is 0 Å². The average molecular weight is 150 g/mol. The monoisotopic (exact) mass is 150 g/mol. The van der Waals surface area contributed by atoms with Gasteiger partial charge in [0, 0.05) is 0 Å². The molecule has 62 valence electrons. The Morgan fingerprint density at radius 3 is 1.55 bits per heavy atom. The first kappa shape index (κ1) is 6.51. The van der Waals surface area contributed by atoms with Crippen LogP contribution in [0, 0.1) is 17.3 Å². The van der Waals surface area contributed by atoms with E-state index in [4.69, 9.17) is 0 Å². The lowest BCUT2D eigenvalue weighted by Gasteiger charge is -2.28. The molecule has 0 N–H and O–H groups in total. The molecular formula is C11H18. The normalized spacial score (nSPS) is 36.0. The van der Waals surface area contributed by atoms with Crippen LogP contribution >= 0.6 is 0 Å². The molecule has 0 spiro atoms. The molecule has 11 heavy (non-hydrogen) atoms. The molecule has 0 aromatic carbocycles. The largest absolute Gasteiger partial charge is 0.0527 e. The standard InChI is InChI=1S/C11H18/c1-2-8-11(7-1,9-3-4-9)10-5-6-10/h9-10H,1-8H2. The van der Waals surface area contributed by atoms with Crippen molar-refractivity contribution in [1.29, 1.82) is 0 Å². The fraction of sp³-hybridized carbons (Fsp3) is 1.00. The van der Waals surface area contributed by atoms with Crippen molar-refractivity contribution in [3.8, 4) is 0 Å². The molecule has 0 aromatic heterocycles. The highest BCUT2D eigenvalue weighted by molar-refractivity contribution is 5.04. The predicted molar refractivity (Wildman–Crippen MR) is 46.3 cm³/mol. The lowest BCUT2D eigenvalue weighted by atomic mass is 9.76. The second kappa shape index (κ2) is 2.02.